The summed E-state index contributed by atoms with van der Waals surface area (Å²) in [6.07, 6.45) is -4.20. The van der Waals surface area contributed by atoms with Crippen molar-refractivity contribution in [2.45, 2.75) is 56.0 Å². The molecular formula is C23H29FN10O8P2S2. The fraction of sp³-hybridized carbons (Fsp3) is 0.522. The Hall–Kier alpha value is -2.39. The van der Waals surface area contributed by atoms with Crippen molar-refractivity contribution < 1.29 is 41.6 Å². The van der Waals surface area contributed by atoms with Gasteiger partial charge in [-0.3, -0.25) is 18.2 Å². The second kappa shape index (κ2) is 11.9. The summed E-state index contributed by atoms with van der Waals surface area (Å²) in [5.74, 6) is 0.361. The fourth-order valence-corrected chi connectivity index (χ4v) is 8.95. The summed E-state index contributed by atoms with van der Waals surface area (Å²) in [7, 11) is 1.39. The molecule has 5 N–H and O–H groups in total. The number of alkyl halides is 1. The number of thiol groups is 1. The van der Waals surface area contributed by atoms with Crippen LogP contribution in [0, 0.1) is 6.92 Å². The van der Waals surface area contributed by atoms with E-state index in [1.165, 1.54) is 35.2 Å². The maximum absolute atomic E-state index is 16.2. The molecule has 0 saturated carbocycles. The number of imidazole rings is 2. The highest BCUT2D eigenvalue weighted by Crippen LogP contribution is 2.55. The van der Waals surface area contributed by atoms with Crippen LogP contribution in [0.2, 0.25) is 0 Å². The Balaban J connectivity index is 1.21. The van der Waals surface area contributed by atoms with Gasteiger partial charge in [0.1, 0.15) is 42.0 Å². The first kappa shape index (κ1) is 32.2. The minimum atomic E-state index is -4.12. The van der Waals surface area contributed by atoms with Crippen molar-refractivity contribution in [3.8, 4) is 0 Å². The van der Waals surface area contributed by atoms with E-state index in [0.717, 1.165) is 0 Å². The molecule has 0 amide bonds. The maximum Gasteiger partial charge on any atom is 0.325 e. The number of rotatable bonds is 3. The predicted molar refractivity (Wildman–Crippen MR) is 166 cm³/mol. The molecule has 0 aliphatic carbocycles. The molecule has 7 rings (SSSR count). The lowest BCUT2D eigenvalue weighted by Crippen LogP contribution is -2.42. The molecule has 0 radical (unpaired) electrons. The molecule has 3 aromatic heterocycles. The number of nitrogens with two attached hydrogens (primary N) is 1. The van der Waals surface area contributed by atoms with Gasteiger partial charge in [-0.05, 0) is 18.7 Å². The molecule has 10 unspecified atom stereocenters. The Morgan fingerprint density at radius 1 is 1.17 bits per heavy atom. The third-order valence-corrected chi connectivity index (χ3v) is 11.3. The van der Waals surface area contributed by atoms with Crippen LogP contribution in [0.4, 0.5) is 10.2 Å². The van der Waals surface area contributed by atoms with Gasteiger partial charge in [0.05, 0.1) is 43.3 Å². The van der Waals surface area contributed by atoms with E-state index in [9.17, 15) is 9.46 Å². The van der Waals surface area contributed by atoms with E-state index in [1.54, 1.807) is 6.92 Å². The highest BCUT2D eigenvalue weighted by atomic mass is 32.7. The fourth-order valence-electron chi connectivity index (χ4n) is 5.83. The van der Waals surface area contributed by atoms with Gasteiger partial charge in [0.2, 0.25) is 0 Å². The highest BCUT2D eigenvalue weighted by molar-refractivity contribution is 8.45. The molecule has 23 heteroatoms. The summed E-state index contributed by atoms with van der Waals surface area (Å²) in [6, 6.07) is -1.30. The lowest BCUT2D eigenvalue weighted by atomic mass is 10.1. The van der Waals surface area contributed by atoms with Crippen molar-refractivity contribution in [1.29, 1.82) is 0 Å². The van der Waals surface area contributed by atoms with E-state index in [2.05, 4.69) is 54.2 Å². The maximum atomic E-state index is 16.2. The van der Waals surface area contributed by atoms with Crippen LogP contribution in [-0.4, -0.2) is 96.9 Å². The number of fused-ring (bicyclic) bond motifs is 5. The second-order valence-electron chi connectivity index (χ2n) is 10.8. The van der Waals surface area contributed by atoms with Crippen molar-refractivity contribution in [2.75, 3.05) is 20.3 Å². The number of hydrogen-bond acceptors (Lipinski definition) is 15. The molecule has 7 heterocycles. The molecule has 3 aromatic rings. The predicted octanol–water partition coefficient (Wildman–Crippen LogP) is 1.34. The van der Waals surface area contributed by atoms with Gasteiger partial charge in [0, 0.05) is 7.11 Å². The Bertz CT molecular complexity index is 1830. The molecule has 4 aliphatic rings. The smallest absolute Gasteiger partial charge is 0.325 e. The second-order valence-corrected chi connectivity index (χ2v) is 16.7. The molecule has 2 bridgehead atoms. The SMILES string of the molecule is C=C1NC(N)=Nc2c1ncn2C1OC2COP(=O)(S)NC3C(COP(O)(=S)OC1C2OC)OC(n1cnc2c(C)ncnc21)C3F. The summed E-state index contributed by atoms with van der Waals surface area (Å²) >= 11 is 9.62. The molecule has 3 fully saturated rings. The van der Waals surface area contributed by atoms with Crippen LogP contribution >= 0.6 is 25.7 Å². The number of aromatic nitrogens is 6. The van der Waals surface area contributed by atoms with E-state index in [1.807, 2.05) is 0 Å². The number of halogens is 1. The van der Waals surface area contributed by atoms with Crippen LogP contribution in [0.25, 0.3) is 16.9 Å². The van der Waals surface area contributed by atoms with Gasteiger partial charge in [0.25, 0.3) is 0 Å². The average Bonchev–Trinajstić information content (AvgIpc) is 3.75. The third-order valence-electron chi connectivity index (χ3n) is 7.92. The molecule has 18 nitrogen and oxygen atoms in total. The molecule has 4 aliphatic heterocycles. The van der Waals surface area contributed by atoms with Gasteiger partial charge in [-0.2, -0.15) is 4.99 Å². The summed E-state index contributed by atoms with van der Waals surface area (Å²) in [6.45, 7) is -3.34. The van der Waals surface area contributed by atoms with Crippen LogP contribution in [0.15, 0.2) is 30.6 Å². The zero-order valence-electron chi connectivity index (χ0n) is 24.1. The Morgan fingerprint density at radius 3 is 2.70 bits per heavy atom. The summed E-state index contributed by atoms with van der Waals surface area (Å²) < 4.78 is 68.2. The van der Waals surface area contributed by atoms with Crippen molar-refractivity contribution >= 4 is 66.1 Å². The number of guanidine groups is 1. The summed E-state index contributed by atoms with van der Waals surface area (Å²) in [5, 5.41) is 5.45. The topological polar surface area (TPSA) is 217 Å². The number of nitrogens with one attached hydrogen (secondary N) is 2. The van der Waals surface area contributed by atoms with E-state index >= 15 is 4.39 Å². The van der Waals surface area contributed by atoms with E-state index in [-0.39, 0.29) is 12.6 Å². The molecular weight excluding hydrogens is 689 g/mol. The van der Waals surface area contributed by atoms with Crippen LogP contribution < -0.4 is 16.1 Å². The lowest BCUT2D eigenvalue weighted by Gasteiger charge is -2.29. The zero-order chi connectivity index (χ0) is 32.5. The molecule has 0 spiro atoms. The largest absolute Gasteiger partial charge is 0.376 e. The first-order valence-corrected chi connectivity index (χ1v) is 19.1. The minimum Gasteiger partial charge on any atom is -0.376 e. The van der Waals surface area contributed by atoms with Gasteiger partial charge in [-0.25, -0.2) is 29.4 Å². The van der Waals surface area contributed by atoms with Gasteiger partial charge in [-0.15, -0.1) is 0 Å². The molecule has 10 atom stereocenters. The Kier molecular flexibility index (Phi) is 8.35. The first-order valence-electron chi connectivity index (χ1n) is 13.8. The van der Waals surface area contributed by atoms with E-state index in [4.69, 9.17) is 45.3 Å². The quantitative estimate of drug-likeness (QED) is 0.191. The number of aryl methyl sites for hydroxylation is 1. The number of methoxy groups -OCH3 is 1. The van der Waals surface area contributed by atoms with E-state index in [0.29, 0.717) is 34.1 Å². The van der Waals surface area contributed by atoms with Crippen LogP contribution in [0.3, 0.4) is 0 Å². The lowest BCUT2D eigenvalue weighted by molar-refractivity contribution is -0.0521. The van der Waals surface area contributed by atoms with Gasteiger partial charge < -0.3 is 39.2 Å². The number of aliphatic imine (C=N–C) groups is 1. The monoisotopic (exact) mass is 718 g/mol. The zero-order valence-corrected chi connectivity index (χ0v) is 27.6. The molecule has 248 valence electrons. The Morgan fingerprint density at radius 2 is 1.91 bits per heavy atom. The Labute approximate surface area is 270 Å². The van der Waals surface area contributed by atoms with Crippen molar-refractivity contribution in [3.63, 3.8) is 0 Å². The van der Waals surface area contributed by atoms with Crippen molar-refractivity contribution in [1.82, 2.24) is 39.5 Å². The average molecular weight is 719 g/mol. The summed E-state index contributed by atoms with van der Waals surface area (Å²) in [5.41, 5.74) is 8.09. The summed E-state index contributed by atoms with van der Waals surface area (Å²) in [4.78, 5) is 32.6. The highest BCUT2D eigenvalue weighted by Gasteiger charge is 2.53. The van der Waals surface area contributed by atoms with Gasteiger partial charge >= 0.3 is 13.4 Å². The first-order chi connectivity index (χ1) is 21.9. The van der Waals surface area contributed by atoms with Crippen molar-refractivity contribution in [2.24, 2.45) is 10.7 Å². The van der Waals surface area contributed by atoms with Crippen LogP contribution in [0.1, 0.15) is 23.8 Å². The molecule has 46 heavy (non-hydrogen) atoms. The standard InChI is InChI=1S/C23H29FN10O8P2S2/c1-9-14-19(27-6-26-9)33(7-28-14)21-13(24)16-11(40-21)4-39-44(36,46)42-18-17(37-3)12(5-38-43(35,45)32-16)41-22(18)34-8-29-15-10(2)30-23(25)31-20(15)34/h6-8,11-13,16-18,21-22H,2,4-5H2,1,3H3,(H,36,46)(H3,25,30,31)(H2,32,35,45). The minimum absolute atomic E-state index is 0.0691. The van der Waals surface area contributed by atoms with Gasteiger partial charge in [-0.1, -0.05) is 18.8 Å². The third kappa shape index (κ3) is 5.71. The normalized spacial score (nSPS) is 38.3. The van der Waals surface area contributed by atoms with Crippen LogP contribution in [-0.2, 0) is 44.2 Å². The number of nitrogens with zero attached hydrogens (tertiary/aromatic N) is 7. The number of ether oxygens (including phenoxy) is 3. The number of hydrogen-bond donors (Lipinski definition) is 5. The van der Waals surface area contributed by atoms with Crippen LogP contribution in [0.5, 0.6) is 0 Å². The van der Waals surface area contributed by atoms with Crippen molar-refractivity contribution in [3.05, 3.63) is 36.9 Å². The molecule has 3 saturated heterocycles. The molecule has 0 aromatic carbocycles. The van der Waals surface area contributed by atoms with Gasteiger partial charge in [0.15, 0.2) is 36.1 Å². The van der Waals surface area contributed by atoms with E-state index < -0.39 is 69.1 Å².